The first-order valence-corrected chi connectivity index (χ1v) is 8.53. The molecule has 0 fully saturated rings. The van der Waals surface area contributed by atoms with Gasteiger partial charge in [-0.2, -0.15) is 0 Å². The van der Waals surface area contributed by atoms with Gasteiger partial charge in [0, 0.05) is 11.6 Å². The number of sulfonamides is 1. The second kappa shape index (κ2) is 6.19. The zero-order valence-electron chi connectivity index (χ0n) is 13.0. The van der Waals surface area contributed by atoms with Crippen LogP contribution in [0.25, 0.3) is 16.9 Å². The molecular weight excluding hydrogens is 351 g/mol. The van der Waals surface area contributed by atoms with Crippen LogP contribution in [0.1, 0.15) is 0 Å². The predicted octanol–water partition coefficient (Wildman–Crippen LogP) is 1.89. The van der Waals surface area contributed by atoms with Crippen LogP contribution in [-0.4, -0.2) is 20.1 Å². The number of hydrogen-bond acceptors (Lipinski definition) is 5. The summed E-state index contributed by atoms with van der Waals surface area (Å²) in [5.41, 5.74) is 1.06. The molecule has 0 aliphatic carbocycles. The fourth-order valence-corrected chi connectivity index (χ4v) is 2.88. The highest BCUT2D eigenvalue weighted by Crippen LogP contribution is 2.25. The first-order valence-electron chi connectivity index (χ1n) is 6.99. The first-order chi connectivity index (χ1) is 11.8. The van der Waals surface area contributed by atoms with Gasteiger partial charge in [-0.15, -0.1) is 0 Å². The molecule has 25 heavy (non-hydrogen) atoms. The largest absolute Gasteiger partial charge is 0.494 e. The number of hydrogen-bond donors (Lipinski definition) is 1. The number of ether oxygens (including phenoxy) is 1. The lowest BCUT2D eigenvalue weighted by Gasteiger charge is -2.08. The van der Waals surface area contributed by atoms with Crippen molar-refractivity contribution < 1.29 is 22.0 Å². The van der Waals surface area contributed by atoms with Crippen molar-refractivity contribution in [3.8, 4) is 22.7 Å². The second-order valence-corrected chi connectivity index (χ2v) is 6.67. The Morgan fingerprint density at radius 1 is 1.16 bits per heavy atom. The normalized spacial score (nSPS) is 11.5. The molecule has 0 unspecified atom stereocenters. The number of oxazole rings is 1. The van der Waals surface area contributed by atoms with E-state index in [1.54, 1.807) is 0 Å². The Bertz CT molecular complexity index is 1080. The first kappa shape index (κ1) is 16.9. The Kier molecular flexibility index (Phi) is 4.19. The molecule has 2 N–H and O–H groups in total. The van der Waals surface area contributed by atoms with Crippen molar-refractivity contribution in [3.05, 3.63) is 65.1 Å². The molecule has 0 radical (unpaired) electrons. The molecule has 0 aliphatic heterocycles. The van der Waals surface area contributed by atoms with Crippen LogP contribution in [0.5, 0.6) is 5.75 Å². The van der Waals surface area contributed by atoms with Crippen LogP contribution in [0.2, 0.25) is 0 Å². The summed E-state index contributed by atoms with van der Waals surface area (Å²) in [5.74, 6) is -1.31. The second-order valence-electron chi connectivity index (χ2n) is 5.11. The van der Waals surface area contributed by atoms with E-state index in [-0.39, 0.29) is 16.3 Å². The molecule has 0 atom stereocenters. The van der Waals surface area contributed by atoms with Crippen LogP contribution in [0.3, 0.4) is 0 Å². The highest BCUT2D eigenvalue weighted by Gasteiger charge is 2.15. The number of halogens is 1. The van der Waals surface area contributed by atoms with Crippen molar-refractivity contribution >= 4 is 10.0 Å². The number of methoxy groups -OCH3 is 1. The van der Waals surface area contributed by atoms with Gasteiger partial charge in [0.1, 0.15) is 6.26 Å². The highest BCUT2D eigenvalue weighted by atomic mass is 32.2. The highest BCUT2D eigenvalue weighted by molar-refractivity contribution is 7.89. The van der Waals surface area contributed by atoms with Gasteiger partial charge in [-0.3, -0.25) is 0 Å². The summed E-state index contributed by atoms with van der Waals surface area (Å²) in [5, 5.41) is 5.06. The minimum atomic E-state index is -3.83. The van der Waals surface area contributed by atoms with Crippen molar-refractivity contribution in [3.63, 3.8) is 0 Å². The van der Waals surface area contributed by atoms with Crippen LogP contribution >= 0.6 is 0 Å². The van der Waals surface area contributed by atoms with E-state index in [0.29, 0.717) is 11.3 Å². The fraction of sp³-hybridized carbons (Fsp3) is 0.0625. The van der Waals surface area contributed by atoms with Gasteiger partial charge < -0.3 is 9.15 Å². The average Bonchev–Trinajstić information content (AvgIpc) is 2.95. The Morgan fingerprint density at radius 2 is 1.84 bits per heavy atom. The summed E-state index contributed by atoms with van der Waals surface area (Å²) in [7, 11) is -2.49. The number of primary sulfonamides is 1. The molecule has 3 rings (SSSR count). The van der Waals surface area contributed by atoms with Crippen molar-refractivity contribution in [2.45, 2.75) is 4.90 Å². The molecule has 0 aliphatic rings. The standard InChI is InChI=1S/C16H13FN2O5S/c1-23-15-7-4-11(8-13(15)17)19-14(9-24-16(19)20)10-2-5-12(6-3-10)25(18,21)22/h2-9H,1H3,(H2,18,21,22). The van der Waals surface area contributed by atoms with E-state index in [2.05, 4.69) is 0 Å². The number of nitrogens with two attached hydrogens (primary N) is 1. The quantitative estimate of drug-likeness (QED) is 0.761. The maximum atomic E-state index is 13.9. The van der Waals surface area contributed by atoms with Crippen molar-refractivity contribution in [1.29, 1.82) is 0 Å². The minimum Gasteiger partial charge on any atom is -0.494 e. The molecule has 7 nitrogen and oxygen atoms in total. The molecule has 1 heterocycles. The molecule has 0 saturated heterocycles. The lowest BCUT2D eigenvalue weighted by molar-refractivity contribution is 0.386. The molecule has 3 aromatic rings. The van der Waals surface area contributed by atoms with E-state index in [9.17, 15) is 17.6 Å². The van der Waals surface area contributed by atoms with Gasteiger partial charge in [0.2, 0.25) is 10.0 Å². The van der Waals surface area contributed by atoms with Crippen LogP contribution < -0.4 is 15.6 Å². The number of aromatic nitrogens is 1. The molecule has 0 bridgehead atoms. The van der Waals surface area contributed by atoms with Gasteiger partial charge >= 0.3 is 5.76 Å². The zero-order chi connectivity index (χ0) is 18.2. The molecule has 2 aromatic carbocycles. The van der Waals surface area contributed by atoms with Gasteiger partial charge in [-0.25, -0.2) is 27.3 Å². The lowest BCUT2D eigenvalue weighted by Crippen LogP contribution is -2.14. The van der Waals surface area contributed by atoms with E-state index < -0.39 is 21.6 Å². The Morgan fingerprint density at radius 3 is 2.40 bits per heavy atom. The monoisotopic (exact) mass is 364 g/mol. The van der Waals surface area contributed by atoms with Crippen LogP contribution in [0.4, 0.5) is 4.39 Å². The average molecular weight is 364 g/mol. The third kappa shape index (κ3) is 3.19. The Balaban J connectivity index is 2.11. The predicted molar refractivity (Wildman–Crippen MR) is 87.6 cm³/mol. The summed E-state index contributed by atoms with van der Waals surface area (Å²) in [6, 6.07) is 9.58. The third-order valence-corrected chi connectivity index (χ3v) is 4.50. The Labute approximate surface area is 142 Å². The van der Waals surface area contributed by atoms with Crippen LogP contribution in [0, 0.1) is 5.82 Å². The van der Waals surface area contributed by atoms with Crippen LogP contribution in [0.15, 0.2) is 62.8 Å². The molecule has 0 saturated carbocycles. The summed E-state index contributed by atoms with van der Waals surface area (Å²) < 4.78 is 47.5. The molecule has 130 valence electrons. The van der Waals surface area contributed by atoms with Gasteiger partial charge in [0.15, 0.2) is 11.6 Å². The third-order valence-electron chi connectivity index (χ3n) is 3.57. The molecule has 0 amide bonds. The van der Waals surface area contributed by atoms with E-state index >= 15 is 0 Å². The lowest BCUT2D eigenvalue weighted by atomic mass is 10.1. The number of benzene rings is 2. The van der Waals surface area contributed by atoms with Crippen molar-refractivity contribution in [1.82, 2.24) is 4.57 Å². The Hall–Kier alpha value is -2.91. The summed E-state index contributed by atoms with van der Waals surface area (Å²) in [4.78, 5) is 12.0. The summed E-state index contributed by atoms with van der Waals surface area (Å²) >= 11 is 0. The number of nitrogens with zero attached hydrogens (tertiary/aromatic N) is 1. The van der Waals surface area contributed by atoms with Crippen molar-refractivity contribution in [2.24, 2.45) is 5.14 Å². The SMILES string of the molecule is COc1ccc(-n2c(-c3ccc(S(N)(=O)=O)cc3)coc2=O)cc1F. The van der Waals surface area contributed by atoms with E-state index in [0.717, 1.165) is 10.6 Å². The maximum absolute atomic E-state index is 13.9. The topological polar surface area (TPSA) is 105 Å². The van der Waals surface area contributed by atoms with Gasteiger partial charge in [0.25, 0.3) is 0 Å². The summed E-state index contributed by atoms with van der Waals surface area (Å²) in [6.45, 7) is 0. The van der Waals surface area contributed by atoms with Gasteiger partial charge in [-0.05, 0) is 24.3 Å². The maximum Gasteiger partial charge on any atom is 0.424 e. The van der Waals surface area contributed by atoms with Gasteiger partial charge in [0.05, 0.1) is 23.4 Å². The number of rotatable bonds is 4. The van der Waals surface area contributed by atoms with Crippen molar-refractivity contribution in [2.75, 3.05) is 7.11 Å². The summed E-state index contributed by atoms with van der Waals surface area (Å²) in [6.07, 6.45) is 1.20. The molecule has 9 heteroatoms. The molecule has 1 aromatic heterocycles. The molecular formula is C16H13FN2O5S. The van der Waals surface area contributed by atoms with E-state index in [4.69, 9.17) is 14.3 Å². The molecule has 0 spiro atoms. The van der Waals surface area contributed by atoms with E-state index in [1.807, 2.05) is 0 Å². The fourth-order valence-electron chi connectivity index (χ4n) is 2.36. The zero-order valence-corrected chi connectivity index (χ0v) is 13.8. The smallest absolute Gasteiger partial charge is 0.424 e. The van der Waals surface area contributed by atoms with Crippen LogP contribution in [-0.2, 0) is 10.0 Å². The minimum absolute atomic E-state index is 0.0411. The van der Waals surface area contributed by atoms with E-state index in [1.165, 1.54) is 49.8 Å². The van der Waals surface area contributed by atoms with Gasteiger partial charge in [-0.1, -0.05) is 12.1 Å².